The fourth-order valence-corrected chi connectivity index (χ4v) is 3.59. The average Bonchev–Trinajstić information content (AvgIpc) is 2.81. The summed E-state index contributed by atoms with van der Waals surface area (Å²) in [5.74, 6) is -5.61. The molecule has 0 fully saturated rings. The Morgan fingerprint density at radius 1 is 0.921 bits per heavy atom. The fourth-order valence-electron chi connectivity index (χ4n) is 3.10. The van der Waals surface area contributed by atoms with E-state index in [-0.39, 0.29) is 10.0 Å². The van der Waals surface area contributed by atoms with Gasteiger partial charge in [-0.3, -0.25) is 4.79 Å². The second kappa shape index (κ2) is 11.3. The van der Waals surface area contributed by atoms with E-state index in [2.05, 4.69) is 9.47 Å². The highest BCUT2D eigenvalue weighted by Crippen LogP contribution is 2.41. The summed E-state index contributed by atoms with van der Waals surface area (Å²) in [5.41, 5.74) is -10.4. The number of amides is 1. The quantitative estimate of drug-likeness (QED) is 0.234. The van der Waals surface area contributed by atoms with Crippen molar-refractivity contribution in [2.24, 2.45) is 0 Å². The second-order valence-corrected chi connectivity index (χ2v) is 8.29. The SMILES string of the molecule is CCOC(=O)[C@](O)(c1ccc(N[C@@](NC(=O)c2ccc(Cl)cc2Cl)(C(=O)OC)C(F)(F)F)cc1)C(F)(F)F. The summed E-state index contributed by atoms with van der Waals surface area (Å²) in [6.45, 7) is 0.679. The first-order valence-electron chi connectivity index (χ1n) is 10.2. The number of nitrogens with one attached hydrogen (secondary N) is 2. The second-order valence-electron chi connectivity index (χ2n) is 7.45. The van der Waals surface area contributed by atoms with Crippen LogP contribution in [-0.4, -0.2) is 54.7 Å². The Morgan fingerprint density at radius 3 is 1.95 bits per heavy atom. The number of methoxy groups -OCH3 is 1. The van der Waals surface area contributed by atoms with Crippen molar-refractivity contribution in [3.63, 3.8) is 0 Å². The van der Waals surface area contributed by atoms with Crippen LogP contribution in [0.1, 0.15) is 22.8 Å². The molecule has 0 saturated heterocycles. The molecule has 0 radical (unpaired) electrons. The summed E-state index contributed by atoms with van der Waals surface area (Å²) in [4.78, 5) is 37.0. The Hall–Kier alpha value is -3.23. The minimum atomic E-state index is -5.59. The van der Waals surface area contributed by atoms with E-state index in [1.165, 1.54) is 12.2 Å². The van der Waals surface area contributed by atoms with E-state index in [1.54, 1.807) is 5.32 Å². The summed E-state index contributed by atoms with van der Waals surface area (Å²) >= 11 is 11.6. The average molecular weight is 591 g/mol. The zero-order valence-corrected chi connectivity index (χ0v) is 20.8. The van der Waals surface area contributed by atoms with E-state index in [1.807, 2.05) is 0 Å². The van der Waals surface area contributed by atoms with Gasteiger partial charge in [-0.15, -0.1) is 0 Å². The van der Waals surface area contributed by atoms with Crippen LogP contribution in [-0.2, 0) is 24.7 Å². The lowest BCUT2D eigenvalue weighted by Crippen LogP contribution is -2.69. The highest BCUT2D eigenvalue weighted by molar-refractivity contribution is 6.36. The maximum atomic E-state index is 14.3. The van der Waals surface area contributed by atoms with Crippen molar-refractivity contribution >= 4 is 46.7 Å². The van der Waals surface area contributed by atoms with Crippen molar-refractivity contribution in [3.05, 3.63) is 63.6 Å². The van der Waals surface area contributed by atoms with Crippen LogP contribution in [0.2, 0.25) is 10.0 Å². The number of carbonyl (C=O) groups excluding carboxylic acids is 3. The Balaban J connectivity index is 2.56. The normalized spacial score (nSPS) is 15.0. The van der Waals surface area contributed by atoms with Crippen LogP contribution < -0.4 is 10.6 Å². The summed E-state index contributed by atoms with van der Waals surface area (Å²) in [6.07, 6.45) is -11.2. The predicted molar refractivity (Wildman–Crippen MR) is 121 cm³/mol. The zero-order chi connectivity index (χ0) is 29.1. The molecule has 0 aliphatic carbocycles. The molecule has 0 saturated carbocycles. The molecule has 0 unspecified atom stereocenters. The van der Waals surface area contributed by atoms with Crippen molar-refractivity contribution in [1.29, 1.82) is 0 Å². The molecule has 0 heterocycles. The molecule has 0 bridgehead atoms. The number of aliphatic hydroxyl groups is 1. The van der Waals surface area contributed by atoms with E-state index in [4.69, 9.17) is 23.2 Å². The van der Waals surface area contributed by atoms with Gasteiger partial charge in [-0.05, 0) is 37.3 Å². The highest BCUT2D eigenvalue weighted by Gasteiger charge is 2.64. The third-order valence-corrected chi connectivity index (χ3v) is 5.56. The van der Waals surface area contributed by atoms with Crippen LogP contribution in [0.15, 0.2) is 42.5 Å². The molecular formula is C22H18Cl2F6N2O6. The molecule has 3 N–H and O–H groups in total. The Kier molecular flexibility index (Phi) is 9.18. The van der Waals surface area contributed by atoms with Crippen molar-refractivity contribution < 1.29 is 55.3 Å². The fraction of sp³-hybridized carbons (Fsp3) is 0.318. The largest absolute Gasteiger partial charge is 0.466 e. The van der Waals surface area contributed by atoms with Gasteiger partial charge in [0.05, 0.1) is 24.3 Å². The van der Waals surface area contributed by atoms with Gasteiger partial charge in [-0.2, -0.15) is 26.3 Å². The molecule has 208 valence electrons. The number of halogens is 8. The molecule has 2 rings (SSSR count). The van der Waals surface area contributed by atoms with Gasteiger partial charge in [0.2, 0.25) is 0 Å². The van der Waals surface area contributed by atoms with Crippen molar-refractivity contribution in [2.75, 3.05) is 19.0 Å². The van der Waals surface area contributed by atoms with Gasteiger partial charge in [-0.1, -0.05) is 35.3 Å². The Bertz CT molecular complexity index is 1210. The van der Waals surface area contributed by atoms with Crippen LogP contribution in [0, 0.1) is 0 Å². The van der Waals surface area contributed by atoms with Gasteiger partial charge in [0.15, 0.2) is 0 Å². The molecule has 0 aromatic heterocycles. The van der Waals surface area contributed by atoms with Gasteiger partial charge in [0.1, 0.15) is 0 Å². The first-order chi connectivity index (χ1) is 17.4. The van der Waals surface area contributed by atoms with E-state index in [9.17, 15) is 45.8 Å². The minimum Gasteiger partial charge on any atom is -0.466 e. The molecule has 2 aromatic carbocycles. The van der Waals surface area contributed by atoms with Gasteiger partial charge in [-0.25, -0.2) is 9.59 Å². The summed E-state index contributed by atoms with van der Waals surface area (Å²) in [7, 11) is 0.595. The number of anilines is 1. The molecule has 38 heavy (non-hydrogen) atoms. The van der Waals surface area contributed by atoms with Crippen LogP contribution in [0.25, 0.3) is 0 Å². The van der Waals surface area contributed by atoms with Gasteiger partial charge in [0.25, 0.3) is 11.5 Å². The first kappa shape index (κ1) is 31.0. The van der Waals surface area contributed by atoms with Crippen LogP contribution in [0.3, 0.4) is 0 Å². The molecule has 0 spiro atoms. The molecule has 16 heteroatoms. The van der Waals surface area contributed by atoms with Crippen LogP contribution in [0.5, 0.6) is 0 Å². The van der Waals surface area contributed by atoms with E-state index >= 15 is 0 Å². The lowest BCUT2D eigenvalue weighted by molar-refractivity contribution is -0.267. The van der Waals surface area contributed by atoms with E-state index in [0.29, 0.717) is 31.4 Å². The summed E-state index contributed by atoms with van der Waals surface area (Å²) < 4.78 is 92.0. The van der Waals surface area contributed by atoms with E-state index < -0.39 is 64.9 Å². The number of esters is 2. The summed E-state index contributed by atoms with van der Waals surface area (Å²) in [6, 6.07) is 5.33. The Labute approximate surface area is 220 Å². The van der Waals surface area contributed by atoms with Gasteiger partial charge < -0.3 is 25.2 Å². The van der Waals surface area contributed by atoms with Crippen molar-refractivity contribution in [3.8, 4) is 0 Å². The molecule has 0 aliphatic rings. The summed E-state index contributed by atoms with van der Waals surface area (Å²) in [5, 5.41) is 13.0. The lowest BCUT2D eigenvalue weighted by atomic mass is 9.92. The number of rotatable bonds is 8. The van der Waals surface area contributed by atoms with Gasteiger partial charge >= 0.3 is 30.0 Å². The molecule has 0 aliphatic heterocycles. The van der Waals surface area contributed by atoms with Crippen molar-refractivity contribution in [2.45, 2.75) is 30.5 Å². The first-order valence-corrected chi connectivity index (χ1v) is 11.0. The standard InChI is InChI=1S/C22H18Cl2F6N2O6/c1-3-38-17(34)19(36,21(25,26)27)11-4-7-13(8-5-11)31-20(18(35)37-2,22(28,29)30)32-16(33)14-9-6-12(23)10-15(14)24/h4-10,31,36H,3H2,1-2H3,(H,32,33)/t19-,20-/m1/s1. The number of hydrogen-bond acceptors (Lipinski definition) is 7. The molecule has 2 atom stereocenters. The number of hydrogen-bond donors (Lipinski definition) is 3. The lowest BCUT2D eigenvalue weighted by Gasteiger charge is -2.35. The molecule has 2 aromatic rings. The smallest absolute Gasteiger partial charge is 0.441 e. The van der Waals surface area contributed by atoms with E-state index in [0.717, 1.165) is 18.2 Å². The topological polar surface area (TPSA) is 114 Å². The van der Waals surface area contributed by atoms with Crippen LogP contribution >= 0.6 is 23.2 Å². The molecule has 8 nitrogen and oxygen atoms in total. The maximum absolute atomic E-state index is 14.3. The zero-order valence-electron chi connectivity index (χ0n) is 19.3. The highest BCUT2D eigenvalue weighted by atomic mass is 35.5. The minimum absolute atomic E-state index is 0.0569. The maximum Gasteiger partial charge on any atom is 0.441 e. The van der Waals surface area contributed by atoms with Gasteiger partial charge in [0, 0.05) is 16.3 Å². The number of alkyl halides is 6. The van der Waals surface area contributed by atoms with Crippen molar-refractivity contribution in [1.82, 2.24) is 5.32 Å². The number of carbonyl (C=O) groups is 3. The predicted octanol–water partition coefficient (Wildman–Crippen LogP) is 4.58. The molecular weight excluding hydrogens is 573 g/mol. The molecule has 1 amide bonds. The number of benzene rings is 2. The third kappa shape index (κ3) is 5.92. The Morgan fingerprint density at radius 2 is 1.50 bits per heavy atom. The number of ether oxygens (including phenoxy) is 2. The van der Waals surface area contributed by atoms with Crippen LogP contribution in [0.4, 0.5) is 32.0 Å². The monoisotopic (exact) mass is 590 g/mol. The third-order valence-electron chi connectivity index (χ3n) is 5.01.